The minimum Gasteiger partial charge on any atom is -0.348 e. The average molecular weight is 288 g/mol. The molecule has 1 atom stereocenters. The number of nitrogens with one attached hydrogen (secondary N) is 3. The molecule has 9 nitrogen and oxygen atoms in total. The van der Waals surface area contributed by atoms with Gasteiger partial charge in [-0.2, -0.15) is 0 Å². The number of carbonyl (C=O) groups is 4. The Morgan fingerprint density at radius 3 is 2.35 bits per heavy atom. The van der Waals surface area contributed by atoms with E-state index in [0.717, 1.165) is 0 Å². The molecule has 0 saturated heterocycles. The Bertz CT molecular complexity index is 359. The van der Waals surface area contributed by atoms with E-state index in [1.807, 2.05) is 0 Å². The third-order valence-corrected chi connectivity index (χ3v) is 2.29. The molecule has 0 spiro atoms. The minimum atomic E-state index is -0.787. The van der Waals surface area contributed by atoms with Gasteiger partial charge in [-0.25, -0.2) is 5.90 Å². The first-order valence-electron chi connectivity index (χ1n) is 6.01. The zero-order chi connectivity index (χ0) is 15.5. The summed E-state index contributed by atoms with van der Waals surface area (Å²) in [5.41, 5.74) is 0. The fourth-order valence-electron chi connectivity index (χ4n) is 1.32. The van der Waals surface area contributed by atoms with Gasteiger partial charge in [0.2, 0.25) is 17.7 Å². The Morgan fingerprint density at radius 1 is 1.20 bits per heavy atom. The van der Waals surface area contributed by atoms with E-state index in [4.69, 9.17) is 5.90 Å². The molecule has 0 aliphatic carbocycles. The van der Waals surface area contributed by atoms with Crippen LogP contribution in [0, 0.1) is 5.92 Å². The lowest BCUT2D eigenvalue weighted by atomic mass is 10.0. The highest BCUT2D eigenvalue weighted by Gasteiger charge is 2.23. The quantitative estimate of drug-likeness (QED) is 0.272. The van der Waals surface area contributed by atoms with Crippen molar-refractivity contribution in [2.45, 2.75) is 19.9 Å². The summed E-state index contributed by atoms with van der Waals surface area (Å²) in [6.45, 7) is 2.70. The predicted molar refractivity (Wildman–Crippen MR) is 69.0 cm³/mol. The Kier molecular flexibility index (Phi) is 8.88. The van der Waals surface area contributed by atoms with Crippen molar-refractivity contribution in [3.8, 4) is 0 Å². The third kappa shape index (κ3) is 7.44. The molecule has 0 aromatic carbocycles. The molecule has 0 aromatic rings. The molecule has 20 heavy (non-hydrogen) atoms. The maximum Gasteiger partial charge on any atom is 0.248 e. The first-order valence-corrected chi connectivity index (χ1v) is 6.01. The van der Waals surface area contributed by atoms with Crippen LogP contribution in [-0.4, -0.2) is 49.7 Å². The fraction of sp³-hybridized carbons (Fsp3) is 0.636. The molecular formula is C11H20N4O5. The van der Waals surface area contributed by atoms with E-state index >= 15 is 0 Å². The lowest BCUT2D eigenvalue weighted by Crippen LogP contribution is -2.52. The lowest BCUT2D eigenvalue weighted by molar-refractivity contribution is -0.131. The van der Waals surface area contributed by atoms with Crippen molar-refractivity contribution in [3.05, 3.63) is 0 Å². The second-order valence-corrected chi connectivity index (χ2v) is 4.29. The van der Waals surface area contributed by atoms with E-state index in [-0.39, 0.29) is 25.6 Å². The number of amides is 3. The average Bonchev–Trinajstić information content (AvgIpc) is 2.39. The highest BCUT2D eigenvalue weighted by atomic mass is 16.6. The van der Waals surface area contributed by atoms with Crippen LogP contribution in [0.4, 0.5) is 0 Å². The summed E-state index contributed by atoms with van der Waals surface area (Å²) in [6.07, 6.45) is 0.546. The smallest absolute Gasteiger partial charge is 0.248 e. The van der Waals surface area contributed by atoms with Gasteiger partial charge < -0.3 is 20.7 Å². The van der Waals surface area contributed by atoms with Crippen LogP contribution in [0.1, 0.15) is 13.8 Å². The molecule has 0 aromatic heterocycles. The molecule has 0 fully saturated rings. The van der Waals surface area contributed by atoms with Gasteiger partial charge in [0, 0.05) is 0 Å². The summed E-state index contributed by atoms with van der Waals surface area (Å²) in [7, 11) is 0. The molecule has 3 amide bonds. The van der Waals surface area contributed by atoms with E-state index < -0.39 is 23.8 Å². The predicted octanol–water partition coefficient (Wildman–Crippen LogP) is -2.55. The summed E-state index contributed by atoms with van der Waals surface area (Å²) in [6, 6.07) is -0.787. The Balaban J connectivity index is 4.30. The third-order valence-electron chi connectivity index (χ3n) is 2.29. The number of nitrogens with two attached hydrogens (primary N) is 1. The topological polar surface area (TPSA) is 140 Å². The van der Waals surface area contributed by atoms with Crippen LogP contribution in [0.3, 0.4) is 0 Å². The van der Waals surface area contributed by atoms with E-state index in [1.165, 1.54) is 0 Å². The monoisotopic (exact) mass is 288 g/mol. The number of rotatable bonds is 9. The number of hydrogen-bond donors (Lipinski definition) is 4. The van der Waals surface area contributed by atoms with Crippen molar-refractivity contribution in [1.82, 2.24) is 16.0 Å². The molecular weight excluding hydrogens is 268 g/mol. The molecule has 0 saturated carbocycles. The summed E-state index contributed by atoms with van der Waals surface area (Å²) in [4.78, 5) is 48.6. The van der Waals surface area contributed by atoms with Gasteiger partial charge in [-0.3, -0.25) is 19.2 Å². The maximum atomic E-state index is 11.7. The van der Waals surface area contributed by atoms with Gasteiger partial charge in [0.25, 0.3) is 0 Å². The van der Waals surface area contributed by atoms with Crippen LogP contribution in [0.2, 0.25) is 0 Å². The highest BCUT2D eigenvalue weighted by Crippen LogP contribution is 2.01. The van der Waals surface area contributed by atoms with Crippen molar-refractivity contribution in [3.63, 3.8) is 0 Å². The van der Waals surface area contributed by atoms with E-state index in [0.29, 0.717) is 6.29 Å². The maximum absolute atomic E-state index is 11.7. The van der Waals surface area contributed by atoms with Crippen LogP contribution in [-0.2, 0) is 24.0 Å². The van der Waals surface area contributed by atoms with E-state index in [9.17, 15) is 19.2 Å². The summed E-state index contributed by atoms with van der Waals surface area (Å²) >= 11 is 0. The molecule has 0 heterocycles. The highest BCUT2D eigenvalue weighted by molar-refractivity contribution is 5.90. The number of carbonyl (C=O) groups excluding carboxylic acids is 4. The zero-order valence-electron chi connectivity index (χ0n) is 11.5. The molecule has 0 rings (SSSR count). The minimum absolute atomic E-state index is 0.123. The summed E-state index contributed by atoms with van der Waals surface area (Å²) in [5, 5.41) is 7.09. The summed E-state index contributed by atoms with van der Waals surface area (Å²) in [5.74, 6) is 2.99. The van der Waals surface area contributed by atoms with E-state index in [1.54, 1.807) is 13.8 Å². The van der Waals surface area contributed by atoms with Crippen LogP contribution in [0.5, 0.6) is 0 Å². The molecule has 114 valence electrons. The van der Waals surface area contributed by atoms with Crippen molar-refractivity contribution in [2.24, 2.45) is 11.8 Å². The first-order chi connectivity index (χ1) is 9.42. The normalized spacial score (nSPS) is 11.6. The van der Waals surface area contributed by atoms with Crippen molar-refractivity contribution in [1.29, 1.82) is 0 Å². The SMILES string of the molecule is CC(C)C(NC(=O)CNC(=O)CON)C(=O)NCC=O. The molecule has 0 bridgehead atoms. The molecule has 0 aliphatic heterocycles. The van der Waals surface area contributed by atoms with Crippen molar-refractivity contribution < 1.29 is 24.0 Å². The molecule has 0 aliphatic rings. The number of hydrogen-bond acceptors (Lipinski definition) is 6. The van der Waals surface area contributed by atoms with Gasteiger partial charge in [0.15, 0.2) is 0 Å². The largest absolute Gasteiger partial charge is 0.348 e. The van der Waals surface area contributed by atoms with E-state index in [2.05, 4.69) is 20.8 Å². The fourth-order valence-corrected chi connectivity index (χ4v) is 1.32. The van der Waals surface area contributed by atoms with Gasteiger partial charge >= 0.3 is 0 Å². The molecule has 5 N–H and O–H groups in total. The zero-order valence-corrected chi connectivity index (χ0v) is 11.5. The van der Waals surface area contributed by atoms with Gasteiger partial charge in [0.1, 0.15) is 18.9 Å². The standard InChI is InChI=1S/C11H20N4O5/c1-7(2)10(11(19)13-3-4-16)15-8(17)5-14-9(18)6-20-12/h4,7,10H,3,5-6,12H2,1-2H3,(H,13,19)(H,14,18)(H,15,17). The van der Waals surface area contributed by atoms with Gasteiger partial charge in [-0.15, -0.1) is 0 Å². The first kappa shape index (κ1) is 18.0. The van der Waals surface area contributed by atoms with Crippen molar-refractivity contribution in [2.75, 3.05) is 19.7 Å². The van der Waals surface area contributed by atoms with Crippen LogP contribution >= 0.6 is 0 Å². The summed E-state index contributed by atoms with van der Waals surface area (Å²) < 4.78 is 0. The van der Waals surface area contributed by atoms with Crippen LogP contribution in [0.25, 0.3) is 0 Å². The van der Waals surface area contributed by atoms with Gasteiger partial charge in [0.05, 0.1) is 13.1 Å². The second kappa shape index (κ2) is 9.87. The van der Waals surface area contributed by atoms with Gasteiger partial charge in [-0.05, 0) is 5.92 Å². The van der Waals surface area contributed by atoms with Crippen LogP contribution < -0.4 is 21.8 Å². The van der Waals surface area contributed by atoms with Crippen LogP contribution in [0.15, 0.2) is 0 Å². The molecule has 9 heteroatoms. The second-order valence-electron chi connectivity index (χ2n) is 4.29. The van der Waals surface area contributed by atoms with Crippen molar-refractivity contribution >= 4 is 24.0 Å². The Labute approximate surface area is 116 Å². The lowest BCUT2D eigenvalue weighted by Gasteiger charge is -2.21. The molecule has 1 unspecified atom stereocenters. The Hall–Kier alpha value is -2.00. The van der Waals surface area contributed by atoms with Gasteiger partial charge in [-0.1, -0.05) is 13.8 Å². The number of aldehydes is 1. The Morgan fingerprint density at radius 2 is 1.85 bits per heavy atom. The molecule has 0 radical (unpaired) electrons.